The molecule has 12 heteroatoms. The summed E-state index contributed by atoms with van der Waals surface area (Å²) < 4.78 is 40.0. The van der Waals surface area contributed by atoms with Gasteiger partial charge in [0.2, 0.25) is 0 Å². The number of carbonyl (C=O) groups is 3. The van der Waals surface area contributed by atoms with Crippen molar-refractivity contribution in [3.05, 3.63) is 88.2 Å². The number of carbonyl (C=O) groups excluding carboxylic acids is 3. The van der Waals surface area contributed by atoms with Gasteiger partial charge >= 0.3 is 11.9 Å². The number of rotatable bonds is 7. The number of sulfonamides is 1. The van der Waals surface area contributed by atoms with Gasteiger partial charge in [-0.05, 0) is 49.4 Å². The minimum Gasteiger partial charge on any atom is -0.468 e. The lowest BCUT2D eigenvalue weighted by Gasteiger charge is -2.11. The molecule has 38 heavy (non-hydrogen) atoms. The minimum absolute atomic E-state index is 0.0144. The molecule has 10 nitrogen and oxygen atoms in total. The van der Waals surface area contributed by atoms with E-state index < -0.39 is 27.9 Å². The van der Waals surface area contributed by atoms with Crippen LogP contribution in [0.3, 0.4) is 0 Å². The van der Waals surface area contributed by atoms with Gasteiger partial charge in [-0.1, -0.05) is 41.2 Å². The van der Waals surface area contributed by atoms with Crippen molar-refractivity contribution in [2.75, 3.05) is 18.9 Å². The fourth-order valence-corrected chi connectivity index (χ4v) is 5.72. The highest BCUT2D eigenvalue weighted by Gasteiger charge is 2.20. The van der Waals surface area contributed by atoms with E-state index in [1.807, 2.05) is 6.92 Å². The van der Waals surface area contributed by atoms with Crippen LogP contribution in [-0.4, -0.2) is 45.1 Å². The number of methoxy groups -OCH3 is 2. The van der Waals surface area contributed by atoms with Crippen molar-refractivity contribution in [2.24, 2.45) is 4.99 Å². The molecule has 0 bridgehead atoms. The second-order valence-corrected chi connectivity index (χ2v) is 10.8. The van der Waals surface area contributed by atoms with Crippen LogP contribution in [0.2, 0.25) is 0 Å². The predicted molar refractivity (Wildman–Crippen MR) is 141 cm³/mol. The van der Waals surface area contributed by atoms with E-state index in [4.69, 9.17) is 9.47 Å². The van der Waals surface area contributed by atoms with Crippen molar-refractivity contribution < 1.29 is 32.3 Å². The Kier molecular flexibility index (Phi) is 7.74. The molecule has 0 aliphatic rings. The molecule has 3 aromatic carbocycles. The van der Waals surface area contributed by atoms with E-state index in [1.165, 1.54) is 49.1 Å². The van der Waals surface area contributed by atoms with Crippen molar-refractivity contribution in [1.82, 2.24) is 4.57 Å². The highest BCUT2D eigenvalue weighted by Crippen LogP contribution is 2.23. The number of hydrogen-bond acceptors (Lipinski definition) is 8. The normalized spacial score (nSPS) is 11.8. The molecule has 1 amide bonds. The van der Waals surface area contributed by atoms with Crippen LogP contribution < -0.4 is 9.52 Å². The number of aromatic nitrogens is 1. The van der Waals surface area contributed by atoms with Crippen LogP contribution in [0.4, 0.5) is 5.69 Å². The first-order chi connectivity index (χ1) is 18.1. The van der Waals surface area contributed by atoms with Gasteiger partial charge in [0.25, 0.3) is 15.9 Å². The van der Waals surface area contributed by atoms with Crippen LogP contribution in [0.15, 0.2) is 76.6 Å². The van der Waals surface area contributed by atoms with Gasteiger partial charge in [0, 0.05) is 0 Å². The maximum Gasteiger partial charge on any atom is 0.337 e. The molecule has 4 aromatic rings. The lowest BCUT2D eigenvalue weighted by atomic mass is 10.2. The molecular weight excluding hydrogens is 530 g/mol. The lowest BCUT2D eigenvalue weighted by molar-refractivity contribution is -0.141. The summed E-state index contributed by atoms with van der Waals surface area (Å²) in [5.41, 5.74) is 1.81. The van der Waals surface area contributed by atoms with E-state index in [2.05, 4.69) is 9.71 Å². The summed E-state index contributed by atoms with van der Waals surface area (Å²) in [6, 6.07) is 17.1. The molecule has 1 N–H and O–H groups in total. The zero-order valence-corrected chi connectivity index (χ0v) is 22.3. The third kappa shape index (κ3) is 5.66. The summed E-state index contributed by atoms with van der Waals surface area (Å²) in [4.78, 5) is 41.8. The van der Waals surface area contributed by atoms with Crippen LogP contribution >= 0.6 is 11.3 Å². The van der Waals surface area contributed by atoms with E-state index in [0.717, 1.165) is 16.9 Å². The molecule has 1 heterocycles. The van der Waals surface area contributed by atoms with E-state index >= 15 is 0 Å². The molecule has 0 atom stereocenters. The summed E-state index contributed by atoms with van der Waals surface area (Å²) in [5.74, 6) is -1.84. The number of fused-ring (bicyclic) bond motifs is 1. The number of aryl methyl sites for hydroxylation is 1. The quantitative estimate of drug-likeness (QED) is 0.346. The Morgan fingerprint density at radius 1 is 0.974 bits per heavy atom. The number of amides is 1. The van der Waals surface area contributed by atoms with Crippen molar-refractivity contribution in [3.8, 4) is 0 Å². The van der Waals surface area contributed by atoms with Crippen LogP contribution in [0.1, 0.15) is 26.3 Å². The van der Waals surface area contributed by atoms with Gasteiger partial charge in [-0.25, -0.2) is 13.2 Å². The molecular formula is C26H23N3O7S2. The second kappa shape index (κ2) is 11.0. The highest BCUT2D eigenvalue weighted by atomic mass is 32.2. The van der Waals surface area contributed by atoms with Gasteiger partial charge in [0.1, 0.15) is 6.54 Å². The molecule has 0 radical (unpaired) electrons. The van der Waals surface area contributed by atoms with Crippen LogP contribution in [0.25, 0.3) is 10.2 Å². The Hall–Kier alpha value is -4.29. The van der Waals surface area contributed by atoms with E-state index in [-0.39, 0.29) is 27.5 Å². The van der Waals surface area contributed by atoms with Crippen molar-refractivity contribution in [1.29, 1.82) is 0 Å². The average Bonchev–Trinajstić information content (AvgIpc) is 3.23. The summed E-state index contributed by atoms with van der Waals surface area (Å²) in [5, 5.41) is 0. The zero-order chi connectivity index (χ0) is 27.4. The number of thiazole rings is 1. The minimum atomic E-state index is -3.97. The molecule has 0 aliphatic heterocycles. The summed E-state index contributed by atoms with van der Waals surface area (Å²) in [7, 11) is -1.47. The Balaban J connectivity index is 1.78. The average molecular weight is 554 g/mol. The van der Waals surface area contributed by atoms with Crippen molar-refractivity contribution in [3.63, 3.8) is 0 Å². The number of hydrogen-bond donors (Lipinski definition) is 1. The van der Waals surface area contributed by atoms with Gasteiger partial charge in [0.15, 0.2) is 4.80 Å². The monoisotopic (exact) mass is 553 g/mol. The van der Waals surface area contributed by atoms with E-state index in [9.17, 15) is 22.8 Å². The van der Waals surface area contributed by atoms with Crippen LogP contribution in [0.5, 0.6) is 0 Å². The highest BCUT2D eigenvalue weighted by molar-refractivity contribution is 7.92. The molecule has 1 aromatic heterocycles. The SMILES string of the molecule is COC(=O)Cn1c(=NC(=O)c2ccccc2NS(=O)(=O)c2ccc(C)cc2)sc2cc(C(=O)OC)ccc21. The van der Waals surface area contributed by atoms with Gasteiger partial charge in [-0.15, -0.1) is 0 Å². The third-order valence-corrected chi connectivity index (χ3v) is 7.97. The first kappa shape index (κ1) is 26.8. The number of nitrogens with one attached hydrogen (secondary N) is 1. The maximum atomic E-state index is 13.3. The van der Waals surface area contributed by atoms with Crippen molar-refractivity contribution in [2.45, 2.75) is 18.4 Å². The smallest absolute Gasteiger partial charge is 0.337 e. The van der Waals surface area contributed by atoms with Gasteiger partial charge < -0.3 is 14.0 Å². The number of ether oxygens (including phenoxy) is 2. The first-order valence-corrected chi connectivity index (χ1v) is 13.5. The fourth-order valence-electron chi connectivity index (χ4n) is 3.58. The summed E-state index contributed by atoms with van der Waals surface area (Å²) in [6.07, 6.45) is 0. The van der Waals surface area contributed by atoms with Gasteiger partial charge in [-0.2, -0.15) is 4.99 Å². The molecule has 0 saturated heterocycles. The predicted octanol–water partition coefficient (Wildman–Crippen LogP) is 3.51. The Labute approximate surface area is 222 Å². The number of benzene rings is 3. The number of nitrogens with zero attached hydrogens (tertiary/aromatic N) is 2. The molecule has 4 rings (SSSR count). The molecule has 0 spiro atoms. The maximum absolute atomic E-state index is 13.3. The topological polar surface area (TPSA) is 133 Å². The zero-order valence-electron chi connectivity index (χ0n) is 20.6. The van der Waals surface area contributed by atoms with Gasteiger partial charge in [-0.3, -0.25) is 14.3 Å². The van der Waals surface area contributed by atoms with E-state index in [0.29, 0.717) is 15.8 Å². The third-order valence-electron chi connectivity index (χ3n) is 5.55. The molecule has 0 saturated carbocycles. The largest absolute Gasteiger partial charge is 0.468 e. The standard InChI is InChI=1S/C26H23N3O7S2/c1-16-8-11-18(12-9-16)38(33,34)28-20-7-5-4-6-19(20)24(31)27-26-29(15-23(30)35-2)21-13-10-17(25(32)36-3)14-22(21)37-26/h4-14,28H,15H2,1-3H3. The van der Waals surface area contributed by atoms with Gasteiger partial charge in [0.05, 0.1) is 46.1 Å². The summed E-state index contributed by atoms with van der Waals surface area (Å²) in [6.45, 7) is 1.61. The summed E-state index contributed by atoms with van der Waals surface area (Å²) >= 11 is 1.08. The Morgan fingerprint density at radius 2 is 1.68 bits per heavy atom. The Bertz CT molecular complexity index is 1720. The molecule has 0 fully saturated rings. The Morgan fingerprint density at radius 3 is 2.37 bits per heavy atom. The molecule has 196 valence electrons. The van der Waals surface area contributed by atoms with Crippen molar-refractivity contribution >= 4 is 55.1 Å². The number of para-hydroxylation sites is 1. The molecule has 0 aliphatic carbocycles. The number of anilines is 1. The number of esters is 2. The molecule has 0 unspecified atom stereocenters. The second-order valence-electron chi connectivity index (χ2n) is 8.10. The fraction of sp³-hybridized carbons (Fsp3) is 0.154. The lowest BCUT2D eigenvalue weighted by Crippen LogP contribution is -2.22. The van der Waals surface area contributed by atoms with Crippen LogP contribution in [-0.2, 0) is 30.8 Å². The van der Waals surface area contributed by atoms with E-state index in [1.54, 1.807) is 36.4 Å². The van der Waals surface area contributed by atoms with Crippen LogP contribution in [0, 0.1) is 6.92 Å². The first-order valence-electron chi connectivity index (χ1n) is 11.2.